The first kappa shape index (κ1) is 14.8. The van der Waals surface area contributed by atoms with Gasteiger partial charge in [-0.05, 0) is 48.9 Å². The van der Waals surface area contributed by atoms with E-state index in [1.807, 2.05) is 6.92 Å². The summed E-state index contributed by atoms with van der Waals surface area (Å²) >= 11 is 0. The molecule has 0 aliphatic heterocycles. The van der Waals surface area contributed by atoms with Gasteiger partial charge in [0.15, 0.2) is 0 Å². The van der Waals surface area contributed by atoms with Gasteiger partial charge in [0.05, 0.1) is 24.1 Å². The molecule has 0 radical (unpaired) electrons. The maximum atomic E-state index is 11.5. The Morgan fingerprint density at radius 2 is 2.23 bits per heavy atom. The second kappa shape index (κ2) is 5.93. The fourth-order valence-corrected chi connectivity index (χ4v) is 2.97. The molecular weight excluding hydrogens is 280 g/mol. The molecule has 1 aromatic heterocycles. The Morgan fingerprint density at radius 3 is 2.82 bits per heavy atom. The Labute approximate surface area is 129 Å². The summed E-state index contributed by atoms with van der Waals surface area (Å²) in [7, 11) is 1.63. The van der Waals surface area contributed by atoms with Gasteiger partial charge in [-0.25, -0.2) is 9.78 Å². The molecule has 2 aromatic rings. The highest BCUT2D eigenvalue weighted by atomic mass is 16.5. The topological polar surface area (TPSA) is 75.2 Å². The number of nitrogens with zero attached hydrogens (tertiary/aromatic N) is 1. The number of aromatic amines is 1. The van der Waals surface area contributed by atoms with Crippen LogP contribution in [-0.4, -0.2) is 28.2 Å². The summed E-state index contributed by atoms with van der Waals surface area (Å²) in [6.07, 6.45) is 5.21. The lowest BCUT2D eigenvalue weighted by atomic mass is 9.77. The van der Waals surface area contributed by atoms with Gasteiger partial charge in [-0.15, -0.1) is 0 Å². The minimum atomic E-state index is -0.886. The average Bonchev–Trinajstić information content (AvgIpc) is 2.87. The number of aromatic nitrogens is 2. The van der Waals surface area contributed by atoms with Crippen molar-refractivity contribution in [2.75, 3.05) is 7.11 Å². The normalized spacial score (nSPS) is 14.8. The van der Waals surface area contributed by atoms with Crippen LogP contribution in [0.2, 0.25) is 0 Å². The zero-order chi connectivity index (χ0) is 15.7. The third-order valence-electron chi connectivity index (χ3n) is 4.42. The van der Waals surface area contributed by atoms with Crippen molar-refractivity contribution in [3.8, 4) is 11.4 Å². The lowest BCUT2D eigenvalue weighted by Crippen LogP contribution is -2.13. The largest absolute Gasteiger partial charge is 0.478 e. The first-order chi connectivity index (χ1) is 10.6. The van der Waals surface area contributed by atoms with Gasteiger partial charge in [0.25, 0.3) is 0 Å². The van der Waals surface area contributed by atoms with Gasteiger partial charge in [0.1, 0.15) is 5.82 Å². The van der Waals surface area contributed by atoms with E-state index in [0.29, 0.717) is 23.9 Å². The Kier molecular flexibility index (Phi) is 3.98. The molecule has 1 heterocycles. The number of benzene rings is 1. The van der Waals surface area contributed by atoms with Crippen molar-refractivity contribution in [1.29, 1.82) is 0 Å². The van der Waals surface area contributed by atoms with Gasteiger partial charge >= 0.3 is 5.97 Å². The quantitative estimate of drug-likeness (QED) is 0.886. The molecule has 116 valence electrons. The molecule has 1 aliphatic carbocycles. The van der Waals surface area contributed by atoms with Crippen LogP contribution in [0.15, 0.2) is 18.3 Å². The lowest BCUT2D eigenvalue weighted by Gasteiger charge is -2.28. The molecule has 5 heteroatoms. The summed E-state index contributed by atoms with van der Waals surface area (Å²) in [5.74, 6) is 0.283. The number of carbonyl (C=O) groups is 1. The number of hydrogen-bond acceptors (Lipinski definition) is 3. The van der Waals surface area contributed by atoms with Crippen LogP contribution in [-0.2, 0) is 11.3 Å². The predicted octanol–water partition coefficient (Wildman–Crippen LogP) is 3.50. The van der Waals surface area contributed by atoms with Crippen LogP contribution in [0.4, 0.5) is 0 Å². The fourth-order valence-electron chi connectivity index (χ4n) is 2.97. The highest BCUT2D eigenvalue weighted by Gasteiger charge is 2.25. The van der Waals surface area contributed by atoms with Crippen LogP contribution in [0.5, 0.6) is 0 Å². The molecule has 0 spiro atoms. The number of rotatable bonds is 5. The zero-order valence-electron chi connectivity index (χ0n) is 12.8. The van der Waals surface area contributed by atoms with E-state index in [2.05, 4.69) is 16.0 Å². The minimum Gasteiger partial charge on any atom is -0.478 e. The summed E-state index contributed by atoms with van der Waals surface area (Å²) < 4.78 is 5.08. The van der Waals surface area contributed by atoms with Gasteiger partial charge in [0, 0.05) is 12.7 Å². The van der Waals surface area contributed by atoms with Gasteiger partial charge in [0.2, 0.25) is 0 Å². The van der Waals surface area contributed by atoms with Crippen LogP contribution < -0.4 is 0 Å². The maximum absolute atomic E-state index is 11.5. The second-order valence-electron chi connectivity index (χ2n) is 5.86. The minimum absolute atomic E-state index is 0.365. The van der Waals surface area contributed by atoms with Crippen LogP contribution in [0.3, 0.4) is 0 Å². The number of methoxy groups -OCH3 is 1. The van der Waals surface area contributed by atoms with Crippen molar-refractivity contribution >= 4 is 5.97 Å². The predicted molar refractivity (Wildman–Crippen MR) is 83.0 cm³/mol. The maximum Gasteiger partial charge on any atom is 0.335 e. The molecule has 0 unspecified atom stereocenters. The van der Waals surface area contributed by atoms with Gasteiger partial charge in [-0.1, -0.05) is 6.42 Å². The van der Waals surface area contributed by atoms with E-state index in [1.54, 1.807) is 19.4 Å². The van der Waals surface area contributed by atoms with E-state index in [9.17, 15) is 9.90 Å². The fraction of sp³-hybridized carbons (Fsp3) is 0.412. The first-order valence-electron chi connectivity index (χ1n) is 7.51. The molecule has 1 aliphatic rings. The summed E-state index contributed by atoms with van der Waals surface area (Å²) in [5.41, 5.74) is 4.09. The summed E-state index contributed by atoms with van der Waals surface area (Å²) in [4.78, 5) is 19.1. The molecule has 1 aromatic carbocycles. The number of nitrogens with one attached hydrogen (secondary N) is 1. The van der Waals surface area contributed by atoms with E-state index in [1.165, 1.54) is 6.42 Å². The molecule has 1 fully saturated rings. The van der Waals surface area contributed by atoms with Crippen LogP contribution >= 0.6 is 0 Å². The molecule has 0 saturated heterocycles. The zero-order valence-corrected chi connectivity index (χ0v) is 12.8. The molecule has 0 atom stereocenters. The van der Waals surface area contributed by atoms with Crippen molar-refractivity contribution in [3.05, 3.63) is 40.7 Å². The molecule has 1 saturated carbocycles. The second-order valence-corrected chi connectivity index (χ2v) is 5.86. The van der Waals surface area contributed by atoms with Crippen molar-refractivity contribution < 1.29 is 14.6 Å². The number of carboxylic acids is 1. The number of ether oxygens (including phenoxy) is 1. The number of carboxylic acid groups (broad SMARTS) is 1. The van der Waals surface area contributed by atoms with Crippen molar-refractivity contribution in [3.63, 3.8) is 0 Å². The summed E-state index contributed by atoms with van der Waals surface area (Å²) in [6.45, 7) is 2.36. The summed E-state index contributed by atoms with van der Waals surface area (Å²) in [6, 6.07) is 3.79. The van der Waals surface area contributed by atoms with Crippen molar-refractivity contribution in [2.45, 2.75) is 38.7 Å². The molecule has 3 rings (SSSR count). The smallest absolute Gasteiger partial charge is 0.335 e. The summed E-state index contributed by atoms with van der Waals surface area (Å²) in [5, 5.41) is 9.47. The highest BCUT2D eigenvalue weighted by Crippen LogP contribution is 2.40. The van der Waals surface area contributed by atoms with Crippen LogP contribution in [0.1, 0.15) is 52.4 Å². The van der Waals surface area contributed by atoms with Crippen molar-refractivity contribution in [1.82, 2.24) is 9.97 Å². The lowest BCUT2D eigenvalue weighted by molar-refractivity contribution is 0.0696. The van der Waals surface area contributed by atoms with E-state index in [-0.39, 0.29) is 0 Å². The molecule has 0 amide bonds. The van der Waals surface area contributed by atoms with E-state index in [4.69, 9.17) is 4.74 Å². The number of imidazole rings is 1. The van der Waals surface area contributed by atoms with E-state index in [0.717, 1.165) is 35.2 Å². The monoisotopic (exact) mass is 300 g/mol. The van der Waals surface area contributed by atoms with Crippen molar-refractivity contribution in [2.24, 2.45) is 0 Å². The number of aromatic carboxylic acids is 1. The Morgan fingerprint density at radius 1 is 1.45 bits per heavy atom. The van der Waals surface area contributed by atoms with Gasteiger partial charge in [-0.3, -0.25) is 0 Å². The number of hydrogen-bond donors (Lipinski definition) is 2. The molecule has 5 nitrogen and oxygen atoms in total. The van der Waals surface area contributed by atoms with Gasteiger partial charge in [-0.2, -0.15) is 0 Å². The third kappa shape index (κ3) is 2.64. The average molecular weight is 300 g/mol. The Hall–Kier alpha value is -2.14. The molecular formula is C17H20N2O3. The third-order valence-corrected chi connectivity index (χ3v) is 4.42. The van der Waals surface area contributed by atoms with Crippen LogP contribution in [0, 0.1) is 6.92 Å². The van der Waals surface area contributed by atoms with E-state index >= 15 is 0 Å². The first-order valence-corrected chi connectivity index (χ1v) is 7.51. The Balaban J connectivity index is 2.05. The Bertz CT molecular complexity index is 702. The number of H-pyrrole nitrogens is 1. The van der Waals surface area contributed by atoms with Crippen LogP contribution in [0.25, 0.3) is 11.4 Å². The van der Waals surface area contributed by atoms with E-state index < -0.39 is 5.97 Å². The highest BCUT2D eigenvalue weighted by molar-refractivity contribution is 5.91. The molecule has 22 heavy (non-hydrogen) atoms. The van der Waals surface area contributed by atoms with Gasteiger partial charge < -0.3 is 14.8 Å². The SMILES string of the molecule is COCc1cnc(-c2cc(C(=O)O)c(C)c(C3CCC3)c2)[nH]1. The molecule has 0 bridgehead atoms. The molecule has 2 N–H and O–H groups in total. The standard InChI is InChI=1S/C17H20N2O3/c1-10-14(11-4-3-5-11)6-12(7-15(10)17(20)21)16-18-8-13(19-16)9-22-2/h6-8,11H,3-5,9H2,1-2H3,(H,18,19)(H,20,21).